The minimum atomic E-state index is -0.525. The first kappa shape index (κ1) is 24.4. The molecule has 0 spiro atoms. The van der Waals surface area contributed by atoms with E-state index in [2.05, 4.69) is 82.6 Å². The quantitative estimate of drug-likeness (QED) is 0.452. The van der Waals surface area contributed by atoms with Crippen molar-refractivity contribution < 1.29 is 14.3 Å². The molecule has 1 aliphatic carbocycles. The second kappa shape index (κ2) is 9.32. The number of anilines is 1. The lowest BCUT2D eigenvalue weighted by atomic mass is 9.72. The molecule has 188 valence electrons. The van der Waals surface area contributed by atoms with Gasteiger partial charge in [0, 0.05) is 27.9 Å². The predicted octanol–water partition coefficient (Wildman–Crippen LogP) is 6.91. The molecule has 1 unspecified atom stereocenters. The van der Waals surface area contributed by atoms with Gasteiger partial charge in [-0.05, 0) is 75.4 Å². The smallest absolute Gasteiger partial charge is 0.408 e. The van der Waals surface area contributed by atoms with Crippen LogP contribution in [0.2, 0.25) is 0 Å². The molecular formula is C30H34N2O3S. The van der Waals surface area contributed by atoms with Gasteiger partial charge in [0.15, 0.2) is 5.76 Å². The zero-order chi connectivity index (χ0) is 25.5. The van der Waals surface area contributed by atoms with Gasteiger partial charge in [0.05, 0.1) is 18.3 Å². The van der Waals surface area contributed by atoms with Crippen molar-refractivity contribution in [2.24, 2.45) is 0 Å². The summed E-state index contributed by atoms with van der Waals surface area (Å²) in [5, 5.41) is 5.41. The number of carbonyl (C=O) groups is 1. The normalized spacial score (nSPS) is 20.5. The van der Waals surface area contributed by atoms with Crippen LogP contribution in [0.3, 0.4) is 0 Å². The molecule has 2 aliphatic heterocycles. The summed E-state index contributed by atoms with van der Waals surface area (Å²) in [5.74, 6) is 0.887. The number of amides is 1. The molecule has 3 aliphatic rings. The van der Waals surface area contributed by atoms with Crippen molar-refractivity contribution >= 4 is 33.3 Å². The average molecular weight is 503 g/mol. The topological polar surface area (TPSA) is 50.8 Å². The Morgan fingerprint density at radius 2 is 1.75 bits per heavy atom. The van der Waals surface area contributed by atoms with Crippen LogP contribution in [0, 0.1) is 0 Å². The molecule has 1 N–H and O–H groups in total. The Kier molecular flexibility index (Phi) is 6.33. The number of benzene rings is 2. The van der Waals surface area contributed by atoms with Crippen molar-refractivity contribution in [2.75, 3.05) is 18.3 Å². The number of methoxy groups -OCH3 is 1. The summed E-state index contributed by atoms with van der Waals surface area (Å²) in [6.07, 6.45) is 9.20. The standard InChI is InChI=1S/C30H34N2O3S/c1-29(2,3)35-28(33)31-30(17-9-18-30)22-12-14-23(15-13-22)32-20-25-24(16-19-36(25)5)27(34-4)26(32)21-10-7-6-8-11-21/h6-8,10-16,19-20H,9,17-18H2,1-5H3,(H,31,33). The van der Waals surface area contributed by atoms with E-state index in [4.69, 9.17) is 9.47 Å². The molecule has 2 aromatic rings. The molecule has 1 amide bonds. The maximum Gasteiger partial charge on any atom is 0.408 e. The molecule has 2 heterocycles. The van der Waals surface area contributed by atoms with E-state index in [1.165, 1.54) is 4.91 Å². The number of fused-ring (bicyclic) bond motifs is 1. The highest BCUT2D eigenvalue weighted by atomic mass is 32.2. The second-order valence-corrected chi connectivity index (χ2v) is 12.3. The van der Waals surface area contributed by atoms with E-state index in [1.54, 1.807) is 7.11 Å². The van der Waals surface area contributed by atoms with Crippen molar-refractivity contribution in [3.63, 3.8) is 0 Å². The number of rotatable bonds is 5. The fourth-order valence-corrected chi connectivity index (χ4v) is 6.26. The van der Waals surface area contributed by atoms with Gasteiger partial charge < -0.3 is 19.7 Å². The Morgan fingerprint density at radius 3 is 2.33 bits per heavy atom. The Morgan fingerprint density at radius 1 is 1.06 bits per heavy atom. The molecule has 2 aromatic carbocycles. The largest absolute Gasteiger partial charge is 0.494 e. The van der Waals surface area contributed by atoms with Crippen molar-refractivity contribution in [3.05, 3.63) is 94.2 Å². The van der Waals surface area contributed by atoms with Crippen LogP contribution >= 0.6 is 10.5 Å². The van der Waals surface area contributed by atoms with Gasteiger partial charge in [0.2, 0.25) is 0 Å². The highest BCUT2D eigenvalue weighted by molar-refractivity contribution is 8.18. The minimum absolute atomic E-state index is 0.0228. The van der Waals surface area contributed by atoms with Gasteiger partial charge >= 0.3 is 6.09 Å². The third-order valence-corrected chi connectivity index (χ3v) is 8.46. The van der Waals surface area contributed by atoms with Gasteiger partial charge in [-0.15, -0.1) is 0 Å². The van der Waals surface area contributed by atoms with Gasteiger partial charge in [-0.25, -0.2) is 4.79 Å². The Hall–Kier alpha value is -3.25. The summed E-state index contributed by atoms with van der Waals surface area (Å²) in [7, 11) is 1.77. The zero-order valence-corrected chi connectivity index (χ0v) is 22.4. The number of hydrogen-bond acceptors (Lipinski definition) is 4. The van der Waals surface area contributed by atoms with Crippen LogP contribution < -0.4 is 10.2 Å². The molecule has 0 aromatic heterocycles. The van der Waals surface area contributed by atoms with E-state index in [0.717, 1.165) is 53.1 Å². The fourth-order valence-electron chi connectivity index (χ4n) is 4.99. The molecule has 1 saturated carbocycles. The first-order chi connectivity index (χ1) is 17.2. The van der Waals surface area contributed by atoms with E-state index >= 15 is 0 Å². The highest BCUT2D eigenvalue weighted by Crippen LogP contribution is 2.47. The number of hydrogen-bond donors (Lipinski definition) is 1. The van der Waals surface area contributed by atoms with Crippen molar-refractivity contribution in [3.8, 4) is 0 Å². The SMILES string of the molecule is COC1=C(c2ccccc2)N(c2ccc(C3(NC(=O)OC(C)(C)C)CCC3)cc2)C=C2C1=CC=S2C. The van der Waals surface area contributed by atoms with Crippen LogP contribution in [0.1, 0.15) is 51.2 Å². The number of nitrogens with one attached hydrogen (secondary N) is 1. The van der Waals surface area contributed by atoms with Crippen LogP contribution in [0.25, 0.3) is 5.70 Å². The number of ether oxygens (including phenoxy) is 2. The first-order valence-corrected chi connectivity index (χ1v) is 14.1. The lowest BCUT2D eigenvalue weighted by molar-refractivity contribution is 0.0377. The maximum atomic E-state index is 12.6. The van der Waals surface area contributed by atoms with Crippen LogP contribution in [0.5, 0.6) is 0 Å². The molecule has 6 heteroatoms. The van der Waals surface area contributed by atoms with Gasteiger partial charge in [-0.3, -0.25) is 0 Å². The Labute approximate surface area is 216 Å². The summed E-state index contributed by atoms with van der Waals surface area (Å²) in [6, 6.07) is 18.9. The molecule has 36 heavy (non-hydrogen) atoms. The summed E-state index contributed by atoms with van der Waals surface area (Å²) in [4.78, 5) is 16.1. The van der Waals surface area contributed by atoms with E-state index in [1.807, 2.05) is 26.8 Å². The monoisotopic (exact) mass is 502 g/mol. The van der Waals surface area contributed by atoms with E-state index in [0.29, 0.717) is 0 Å². The minimum Gasteiger partial charge on any atom is -0.494 e. The lowest BCUT2D eigenvalue weighted by Crippen LogP contribution is -2.52. The summed E-state index contributed by atoms with van der Waals surface area (Å²) in [5.41, 5.74) is 4.54. The third kappa shape index (κ3) is 4.50. The van der Waals surface area contributed by atoms with E-state index in [-0.39, 0.29) is 22.1 Å². The average Bonchev–Trinajstić information content (AvgIpc) is 3.20. The molecular weight excluding hydrogens is 468 g/mol. The van der Waals surface area contributed by atoms with Crippen LogP contribution in [-0.2, 0) is 15.0 Å². The Balaban J connectivity index is 1.50. The Bertz CT molecular complexity index is 1290. The number of allylic oxidation sites excluding steroid dienone is 2. The van der Waals surface area contributed by atoms with Gasteiger partial charge in [-0.2, -0.15) is 10.5 Å². The maximum absolute atomic E-state index is 12.6. The zero-order valence-electron chi connectivity index (χ0n) is 21.6. The lowest BCUT2D eigenvalue weighted by Gasteiger charge is -2.43. The van der Waals surface area contributed by atoms with Crippen LogP contribution in [0.15, 0.2) is 83.1 Å². The van der Waals surface area contributed by atoms with E-state index in [9.17, 15) is 4.79 Å². The number of carbonyl (C=O) groups excluding carboxylic acids is 1. The first-order valence-electron chi connectivity index (χ1n) is 12.4. The summed E-state index contributed by atoms with van der Waals surface area (Å²) < 4.78 is 11.6. The predicted molar refractivity (Wildman–Crippen MR) is 150 cm³/mol. The fraction of sp³-hybridized carbons (Fsp3) is 0.333. The molecule has 5 nitrogen and oxygen atoms in total. The summed E-state index contributed by atoms with van der Waals surface area (Å²) in [6.45, 7) is 5.66. The number of alkyl carbamates (subject to hydrolysis) is 1. The molecule has 0 saturated heterocycles. The van der Waals surface area contributed by atoms with E-state index < -0.39 is 5.60 Å². The molecule has 1 atom stereocenters. The molecule has 1 fully saturated rings. The van der Waals surface area contributed by atoms with Crippen molar-refractivity contribution in [1.29, 1.82) is 0 Å². The van der Waals surface area contributed by atoms with Crippen LogP contribution in [0.4, 0.5) is 10.5 Å². The molecule has 0 bridgehead atoms. The van der Waals surface area contributed by atoms with Crippen LogP contribution in [-0.4, -0.2) is 30.4 Å². The summed E-state index contributed by atoms with van der Waals surface area (Å²) >= 11 is 0. The van der Waals surface area contributed by atoms with Crippen molar-refractivity contribution in [2.45, 2.75) is 51.2 Å². The third-order valence-electron chi connectivity index (χ3n) is 6.89. The highest BCUT2D eigenvalue weighted by Gasteiger charge is 2.41. The second-order valence-electron chi connectivity index (χ2n) is 10.5. The van der Waals surface area contributed by atoms with Gasteiger partial charge in [0.1, 0.15) is 5.60 Å². The number of nitrogens with zero attached hydrogens (tertiary/aromatic N) is 1. The van der Waals surface area contributed by atoms with Crippen molar-refractivity contribution in [1.82, 2.24) is 5.32 Å². The van der Waals surface area contributed by atoms with Gasteiger partial charge in [-0.1, -0.05) is 42.5 Å². The molecule has 5 rings (SSSR count). The molecule has 0 radical (unpaired) electrons. The van der Waals surface area contributed by atoms with Gasteiger partial charge in [0.25, 0.3) is 0 Å².